The van der Waals surface area contributed by atoms with Crippen molar-refractivity contribution in [3.63, 3.8) is 0 Å². The van der Waals surface area contributed by atoms with E-state index in [0.29, 0.717) is 0 Å². The summed E-state index contributed by atoms with van der Waals surface area (Å²) >= 11 is 24.7. The molecule has 54 valence electrons. The molecule has 0 N–H and O–H groups in total. The zero-order chi connectivity index (χ0) is 7.65. The van der Waals surface area contributed by atoms with Crippen molar-refractivity contribution in [3.05, 3.63) is 9.52 Å². The molecule has 9 heavy (non-hydrogen) atoms. The number of hydrogen-bond acceptors (Lipinski definition) is 0. The number of rotatable bonds is 1. The highest BCUT2D eigenvalue weighted by atomic mass is 35.5. The second kappa shape index (κ2) is 3.49. The molecule has 0 radical (unpaired) electrons. The van der Waals surface area contributed by atoms with Crippen LogP contribution in [0.15, 0.2) is 9.52 Å². The van der Waals surface area contributed by atoms with Crippen molar-refractivity contribution in [2.75, 3.05) is 0 Å². The highest BCUT2D eigenvalue weighted by Gasteiger charge is 2.29. The minimum Gasteiger partial charge on any atom is -0.201 e. The molecule has 0 aliphatic rings. The molecule has 0 heterocycles. The van der Waals surface area contributed by atoms with Gasteiger partial charge in [0.25, 0.3) is 4.59 Å². The second-order valence-corrected chi connectivity index (χ2v) is 3.63. The summed E-state index contributed by atoms with van der Waals surface area (Å²) in [6.07, 6.45) is 0. The fourth-order valence-electron chi connectivity index (χ4n) is 0.107. The van der Waals surface area contributed by atoms with Crippen LogP contribution in [0.25, 0.3) is 0 Å². The normalized spacial score (nSPS) is 11.3. The van der Waals surface area contributed by atoms with Crippen molar-refractivity contribution in [3.8, 4) is 0 Å². The lowest BCUT2D eigenvalue weighted by Gasteiger charge is -2.05. The Morgan fingerprint density at radius 2 is 1.44 bits per heavy atom. The van der Waals surface area contributed by atoms with Gasteiger partial charge in [0.15, 0.2) is 0 Å². The van der Waals surface area contributed by atoms with Gasteiger partial charge in [0, 0.05) is 0 Å². The average Bonchev–Trinajstić information content (AvgIpc) is 1.62. The van der Waals surface area contributed by atoms with Crippen LogP contribution in [0, 0.1) is 0 Å². The summed E-state index contributed by atoms with van der Waals surface area (Å²) in [5.41, 5.74) is 0. The van der Waals surface area contributed by atoms with E-state index in [4.69, 9.17) is 58.0 Å². The summed E-state index contributed by atoms with van der Waals surface area (Å²) in [6.45, 7) is 0. The fourth-order valence-corrected chi connectivity index (χ4v) is 0.750. The van der Waals surface area contributed by atoms with Gasteiger partial charge >= 0.3 is 0 Å². The standard InChI is InChI=1S/C3Cl5F/c4-1(2(5)6)3(7,8)9. The van der Waals surface area contributed by atoms with Crippen LogP contribution in [0.1, 0.15) is 0 Å². The van der Waals surface area contributed by atoms with Crippen LogP contribution in [-0.2, 0) is 0 Å². The number of hydrogen-bond donors (Lipinski definition) is 0. The van der Waals surface area contributed by atoms with Crippen molar-refractivity contribution in [1.29, 1.82) is 0 Å². The van der Waals surface area contributed by atoms with E-state index >= 15 is 0 Å². The molecule has 0 saturated carbocycles. The third-order valence-corrected chi connectivity index (χ3v) is 2.01. The average molecular weight is 232 g/mol. The molecule has 0 saturated heterocycles. The Morgan fingerprint density at radius 1 is 1.11 bits per heavy atom. The van der Waals surface area contributed by atoms with Crippen LogP contribution in [0.5, 0.6) is 0 Å². The van der Waals surface area contributed by atoms with Gasteiger partial charge in [-0.1, -0.05) is 58.0 Å². The quantitative estimate of drug-likeness (QED) is 0.600. The summed E-state index contributed by atoms with van der Waals surface area (Å²) in [7, 11) is 0. The summed E-state index contributed by atoms with van der Waals surface area (Å²) < 4.78 is 9.03. The maximum atomic E-state index is 12.2. The van der Waals surface area contributed by atoms with E-state index in [0.717, 1.165) is 0 Å². The molecule has 0 fully saturated rings. The number of alkyl halides is 3. The Labute approximate surface area is 76.5 Å². The monoisotopic (exact) mass is 230 g/mol. The first-order valence-corrected chi connectivity index (χ1v) is 3.52. The minimum absolute atomic E-state index is 0.482. The van der Waals surface area contributed by atoms with Crippen LogP contribution in [0.4, 0.5) is 4.39 Å². The van der Waals surface area contributed by atoms with Gasteiger partial charge < -0.3 is 0 Å². The molecule has 0 aromatic rings. The van der Waals surface area contributed by atoms with Crippen LogP contribution in [0.3, 0.4) is 0 Å². The van der Waals surface area contributed by atoms with Crippen molar-refractivity contribution < 1.29 is 4.39 Å². The Hall–Kier alpha value is 1.12. The predicted octanol–water partition coefficient (Wildman–Crippen LogP) is 3.97. The first kappa shape index (κ1) is 10.1. The molecule has 0 amide bonds. The Bertz CT molecular complexity index is 130. The Kier molecular flexibility index (Phi) is 3.93. The molecule has 0 aromatic heterocycles. The van der Waals surface area contributed by atoms with Crippen molar-refractivity contribution in [2.45, 2.75) is 4.59 Å². The molecule has 0 rings (SSSR count). The first-order valence-electron chi connectivity index (χ1n) is 1.63. The Balaban J connectivity index is 4.40. The van der Waals surface area contributed by atoms with Gasteiger partial charge in [0.2, 0.25) is 0 Å². The number of halogens is 6. The summed E-state index contributed by atoms with van der Waals surface area (Å²) in [5, 5.41) is -0.630. The summed E-state index contributed by atoms with van der Waals surface area (Å²) in [4.78, 5) is 0. The second-order valence-electron chi connectivity index (χ2n) is 1.07. The largest absolute Gasteiger partial charge is 0.296 e. The van der Waals surface area contributed by atoms with Gasteiger partial charge in [0.05, 0.1) is 0 Å². The van der Waals surface area contributed by atoms with E-state index in [-0.39, 0.29) is 0 Å². The highest BCUT2D eigenvalue weighted by molar-refractivity contribution is 6.63. The van der Waals surface area contributed by atoms with Crippen LogP contribution in [0.2, 0.25) is 0 Å². The van der Waals surface area contributed by atoms with E-state index in [2.05, 4.69) is 0 Å². The lowest BCUT2D eigenvalue weighted by Crippen LogP contribution is -2.03. The van der Waals surface area contributed by atoms with E-state index in [1.54, 1.807) is 0 Å². The van der Waals surface area contributed by atoms with E-state index in [9.17, 15) is 4.39 Å². The topological polar surface area (TPSA) is 0 Å². The van der Waals surface area contributed by atoms with Crippen LogP contribution < -0.4 is 0 Å². The van der Waals surface area contributed by atoms with Crippen molar-refractivity contribution in [2.24, 2.45) is 0 Å². The SMILES string of the molecule is FC(Cl)(Cl)C(Cl)=C(Cl)Cl. The third-order valence-electron chi connectivity index (χ3n) is 0.415. The summed E-state index contributed by atoms with van der Waals surface area (Å²) in [6, 6.07) is 0. The molecule has 0 bridgehead atoms. The van der Waals surface area contributed by atoms with E-state index in [1.807, 2.05) is 0 Å². The molecular formula is C3Cl5F. The van der Waals surface area contributed by atoms with Gasteiger partial charge in [0.1, 0.15) is 9.52 Å². The molecule has 0 unspecified atom stereocenters. The maximum absolute atomic E-state index is 12.2. The highest BCUT2D eigenvalue weighted by Crippen LogP contribution is 2.38. The molecule has 0 atom stereocenters. The lowest BCUT2D eigenvalue weighted by molar-refractivity contribution is 0.456. The fraction of sp³-hybridized carbons (Fsp3) is 0.333. The van der Waals surface area contributed by atoms with Crippen molar-refractivity contribution in [1.82, 2.24) is 0 Å². The van der Waals surface area contributed by atoms with Crippen LogP contribution >= 0.6 is 58.0 Å². The molecule has 0 aliphatic carbocycles. The maximum Gasteiger partial charge on any atom is 0.296 e. The molecule has 6 heteroatoms. The van der Waals surface area contributed by atoms with Gasteiger partial charge in [-0.15, -0.1) is 0 Å². The summed E-state index contributed by atoms with van der Waals surface area (Å²) in [5.74, 6) is 0. The van der Waals surface area contributed by atoms with Gasteiger partial charge in [-0.3, -0.25) is 0 Å². The third kappa shape index (κ3) is 3.74. The minimum atomic E-state index is -2.69. The van der Waals surface area contributed by atoms with Gasteiger partial charge in [-0.05, 0) is 0 Å². The van der Waals surface area contributed by atoms with E-state index < -0.39 is 14.1 Å². The molecular weight excluding hydrogens is 232 g/mol. The zero-order valence-electron chi connectivity index (χ0n) is 3.77. The molecule has 0 aromatic carbocycles. The Morgan fingerprint density at radius 3 is 1.44 bits per heavy atom. The smallest absolute Gasteiger partial charge is 0.201 e. The first-order chi connectivity index (χ1) is 3.85. The van der Waals surface area contributed by atoms with E-state index in [1.165, 1.54) is 0 Å². The number of allylic oxidation sites excluding steroid dienone is 1. The predicted molar refractivity (Wildman–Crippen MR) is 40.1 cm³/mol. The molecule has 0 spiro atoms. The molecule has 0 aliphatic heterocycles. The zero-order valence-corrected chi connectivity index (χ0v) is 7.55. The van der Waals surface area contributed by atoms with Gasteiger partial charge in [-0.25, -0.2) is 4.39 Å². The van der Waals surface area contributed by atoms with Crippen molar-refractivity contribution >= 4 is 58.0 Å². The molecule has 0 nitrogen and oxygen atoms in total. The lowest BCUT2D eigenvalue weighted by atomic mass is 10.7. The van der Waals surface area contributed by atoms with Crippen LogP contribution in [-0.4, -0.2) is 4.59 Å². The van der Waals surface area contributed by atoms with Gasteiger partial charge in [-0.2, -0.15) is 0 Å².